The molecule has 0 bridgehead atoms. The van der Waals surface area contributed by atoms with Crippen LogP contribution in [0.5, 0.6) is 0 Å². The molecule has 2 atom stereocenters. The van der Waals surface area contributed by atoms with Gasteiger partial charge < -0.3 is 10.6 Å². The van der Waals surface area contributed by atoms with Gasteiger partial charge in [-0.25, -0.2) is 0 Å². The van der Waals surface area contributed by atoms with E-state index in [9.17, 15) is 4.79 Å². The molecule has 1 aromatic heterocycles. The van der Waals surface area contributed by atoms with E-state index in [-0.39, 0.29) is 5.91 Å². The fourth-order valence-corrected chi connectivity index (χ4v) is 2.57. The van der Waals surface area contributed by atoms with E-state index >= 15 is 0 Å². The van der Waals surface area contributed by atoms with E-state index in [4.69, 9.17) is 0 Å². The number of nitrogens with zero attached hydrogens (tertiary/aromatic N) is 1. The summed E-state index contributed by atoms with van der Waals surface area (Å²) in [5.41, 5.74) is 1.43. The molecule has 4 heteroatoms. The highest BCUT2D eigenvalue weighted by Gasteiger charge is 2.22. The Morgan fingerprint density at radius 1 is 1.50 bits per heavy atom. The van der Waals surface area contributed by atoms with Crippen molar-refractivity contribution in [2.45, 2.75) is 26.2 Å². The third-order valence-electron chi connectivity index (χ3n) is 3.83. The van der Waals surface area contributed by atoms with E-state index in [1.807, 2.05) is 6.07 Å². The molecule has 0 aromatic carbocycles. The topological polar surface area (TPSA) is 54.0 Å². The zero-order valence-electron chi connectivity index (χ0n) is 11.1. The lowest BCUT2D eigenvalue weighted by molar-refractivity contribution is 0.0958. The van der Waals surface area contributed by atoms with Crippen LogP contribution in [0.25, 0.3) is 0 Å². The fourth-order valence-electron chi connectivity index (χ4n) is 2.57. The number of rotatable bonds is 4. The van der Waals surface area contributed by atoms with Gasteiger partial charge in [0.15, 0.2) is 0 Å². The van der Waals surface area contributed by atoms with E-state index in [1.54, 1.807) is 19.3 Å². The van der Waals surface area contributed by atoms with Gasteiger partial charge in [0, 0.05) is 25.5 Å². The summed E-state index contributed by atoms with van der Waals surface area (Å²) in [6.45, 7) is 3.31. The third-order valence-corrected chi connectivity index (χ3v) is 3.83. The highest BCUT2D eigenvalue weighted by atomic mass is 16.1. The predicted octanol–water partition coefficient (Wildman–Crippen LogP) is 2.29. The highest BCUT2D eigenvalue weighted by molar-refractivity contribution is 5.92. The van der Waals surface area contributed by atoms with Gasteiger partial charge >= 0.3 is 0 Å². The van der Waals surface area contributed by atoms with Crippen LogP contribution in [0.1, 0.15) is 36.7 Å². The summed E-state index contributed by atoms with van der Waals surface area (Å²) < 4.78 is 0. The number of amides is 1. The average Bonchev–Trinajstić information content (AvgIpc) is 2.81. The van der Waals surface area contributed by atoms with Gasteiger partial charge in [-0.2, -0.15) is 0 Å². The van der Waals surface area contributed by atoms with Crippen molar-refractivity contribution < 1.29 is 4.79 Å². The second-order valence-electron chi connectivity index (χ2n) is 5.06. The number of pyridine rings is 1. The van der Waals surface area contributed by atoms with E-state index in [1.165, 1.54) is 19.3 Å². The van der Waals surface area contributed by atoms with Crippen LogP contribution < -0.4 is 10.6 Å². The molecule has 1 fully saturated rings. The normalized spacial score (nSPS) is 22.8. The lowest BCUT2D eigenvalue weighted by atomic mass is 9.98. The minimum absolute atomic E-state index is 0.145. The monoisotopic (exact) mass is 247 g/mol. The number of hydrogen-bond acceptors (Lipinski definition) is 3. The van der Waals surface area contributed by atoms with Crippen molar-refractivity contribution >= 4 is 11.6 Å². The maximum absolute atomic E-state index is 11.5. The quantitative estimate of drug-likeness (QED) is 0.858. The Bertz CT molecular complexity index is 419. The Labute approximate surface area is 108 Å². The Morgan fingerprint density at radius 2 is 2.33 bits per heavy atom. The van der Waals surface area contributed by atoms with Crippen molar-refractivity contribution in [1.29, 1.82) is 0 Å². The summed E-state index contributed by atoms with van der Waals surface area (Å²) in [6.07, 6.45) is 5.66. The minimum atomic E-state index is -0.145. The standard InChI is InChI=1S/C14H21N3O/c1-10-4-3-5-11(10)9-17-12-6-7-16-13(8-12)14(18)15-2/h6-8,10-11H,3-5,9H2,1-2H3,(H,15,18)(H,16,17). The molecule has 0 radical (unpaired) electrons. The molecule has 2 rings (SSSR count). The van der Waals surface area contributed by atoms with Crippen LogP contribution in [0.3, 0.4) is 0 Å². The molecule has 1 amide bonds. The summed E-state index contributed by atoms with van der Waals surface area (Å²) in [7, 11) is 1.62. The summed E-state index contributed by atoms with van der Waals surface area (Å²) in [5.74, 6) is 1.41. The van der Waals surface area contributed by atoms with Crippen molar-refractivity contribution in [3.05, 3.63) is 24.0 Å². The lowest BCUT2D eigenvalue weighted by Gasteiger charge is -2.16. The van der Waals surface area contributed by atoms with Gasteiger partial charge in [-0.1, -0.05) is 19.8 Å². The zero-order chi connectivity index (χ0) is 13.0. The first-order valence-electron chi connectivity index (χ1n) is 6.62. The second-order valence-corrected chi connectivity index (χ2v) is 5.06. The van der Waals surface area contributed by atoms with E-state index < -0.39 is 0 Å². The van der Waals surface area contributed by atoms with Crippen LogP contribution in [-0.4, -0.2) is 24.5 Å². The van der Waals surface area contributed by atoms with Crippen molar-refractivity contribution in [3.63, 3.8) is 0 Å². The number of hydrogen-bond donors (Lipinski definition) is 2. The number of carbonyl (C=O) groups excluding carboxylic acids is 1. The third kappa shape index (κ3) is 3.00. The van der Waals surface area contributed by atoms with Gasteiger partial charge in [0.25, 0.3) is 5.91 Å². The molecule has 2 unspecified atom stereocenters. The van der Waals surface area contributed by atoms with Gasteiger partial charge in [0.05, 0.1) is 0 Å². The summed E-state index contributed by atoms with van der Waals surface area (Å²) >= 11 is 0. The van der Waals surface area contributed by atoms with Crippen LogP contribution in [0.15, 0.2) is 18.3 Å². The average molecular weight is 247 g/mol. The van der Waals surface area contributed by atoms with E-state index in [0.29, 0.717) is 5.69 Å². The predicted molar refractivity (Wildman–Crippen MR) is 72.6 cm³/mol. The minimum Gasteiger partial charge on any atom is -0.385 e. The van der Waals surface area contributed by atoms with Crippen molar-refractivity contribution in [3.8, 4) is 0 Å². The summed E-state index contributed by atoms with van der Waals surface area (Å²) in [4.78, 5) is 15.5. The molecule has 4 nitrogen and oxygen atoms in total. The number of anilines is 1. The van der Waals surface area contributed by atoms with Gasteiger partial charge in [-0.05, 0) is 30.4 Å². The van der Waals surface area contributed by atoms with E-state index in [2.05, 4.69) is 22.5 Å². The van der Waals surface area contributed by atoms with Gasteiger partial charge in [-0.3, -0.25) is 9.78 Å². The molecule has 1 saturated carbocycles. The summed E-state index contributed by atoms with van der Waals surface area (Å²) in [6, 6.07) is 3.71. The van der Waals surface area contributed by atoms with Gasteiger partial charge in [0.1, 0.15) is 5.69 Å². The maximum atomic E-state index is 11.5. The molecule has 0 saturated heterocycles. The Balaban J connectivity index is 1.95. The van der Waals surface area contributed by atoms with Crippen LogP contribution in [0.2, 0.25) is 0 Å². The first kappa shape index (κ1) is 12.9. The smallest absolute Gasteiger partial charge is 0.269 e. The fraction of sp³-hybridized carbons (Fsp3) is 0.571. The molecule has 18 heavy (non-hydrogen) atoms. The summed E-state index contributed by atoms with van der Waals surface area (Å²) in [5, 5.41) is 6.00. The number of aromatic nitrogens is 1. The van der Waals surface area contributed by atoms with Gasteiger partial charge in [0.2, 0.25) is 0 Å². The molecule has 0 aliphatic heterocycles. The molecular weight excluding hydrogens is 226 g/mol. The van der Waals surface area contributed by atoms with Crippen LogP contribution in [-0.2, 0) is 0 Å². The largest absolute Gasteiger partial charge is 0.385 e. The second kappa shape index (κ2) is 5.85. The van der Waals surface area contributed by atoms with Gasteiger partial charge in [-0.15, -0.1) is 0 Å². The Morgan fingerprint density at radius 3 is 3.00 bits per heavy atom. The van der Waals surface area contributed by atoms with E-state index in [0.717, 1.165) is 24.1 Å². The van der Waals surface area contributed by atoms with Crippen molar-refractivity contribution in [2.24, 2.45) is 11.8 Å². The molecule has 1 aliphatic rings. The first-order chi connectivity index (χ1) is 8.70. The van der Waals surface area contributed by atoms with Crippen LogP contribution >= 0.6 is 0 Å². The molecule has 1 aliphatic carbocycles. The molecule has 1 aromatic rings. The maximum Gasteiger partial charge on any atom is 0.269 e. The van der Waals surface area contributed by atoms with Crippen LogP contribution in [0, 0.1) is 11.8 Å². The number of nitrogens with one attached hydrogen (secondary N) is 2. The van der Waals surface area contributed by atoms with Crippen molar-refractivity contribution in [1.82, 2.24) is 10.3 Å². The highest BCUT2D eigenvalue weighted by Crippen LogP contribution is 2.31. The number of carbonyl (C=O) groups is 1. The molecule has 98 valence electrons. The molecular formula is C14H21N3O. The Kier molecular flexibility index (Phi) is 4.18. The van der Waals surface area contributed by atoms with Crippen LogP contribution in [0.4, 0.5) is 5.69 Å². The van der Waals surface area contributed by atoms with Crippen molar-refractivity contribution in [2.75, 3.05) is 18.9 Å². The Hall–Kier alpha value is -1.58. The lowest BCUT2D eigenvalue weighted by Crippen LogP contribution is -2.20. The molecule has 2 N–H and O–H groups in total. The molecule has 1 heterocycles. The SMILES string of the molecule is CNC(=O)c1cc(NCC2CCCC2C)ccn1. The zero-order valence-corrected chi connectivity index (χ0v) is 11.1. The first-order valence-corrected chi connectivity index (χ1v) is 6.62. The molecule has 0 spiro atoms.